The molecule has 0 radical (unpaired) electrons. The molecule has 0 aliphatic carbocycles. The van der Waals surface area contributed by atoms with Crippen molar-refractivity contribution in [3.05, 3.63) is 52.2 Å². The quantitative estimate of drug-likeness (QED) is 0.852. The Morgan fingerprint density at radius 1 is 1.25 bits per heavy atom. The molecule has 0 aliphatic heterocycles. The number of carboxylic acid groups (broad SMARTS) is 1. The van der Waals surface area contributed by atoms with Gasteiger partial charge in [0.1, 0.15) is 0 Å². The van der Waals surface area contributed by atoms with Crippen LogP contribution >= 0.6 is 15.9 Å². The molecule has 0 saturated carbocycles. The van der Waals surface area contributed by atoms with Crippen molar-refractivity contribution in [2.24, 2.45) is 0 Å². The largest absolute Gasteiger partial charge is 0.475 e. The summed E-state index contributed by atoms with van der Waals surface area (Å²) in [7, 11) is -3.89. The smallest absolute Gasteiger partial charge is 0.371 e. The molecule has 0 atom stereocenters. The molecule has 6 nitrogen and oxygen atoms in total. The first kappa shape index (κ1) is 14.8. The number of carbonyl (C=O) groups is 1. The van der Waals surface area contributed by atoms with Crippen LogP contribution in [0, 0.1) is 0 Å². The van der Waals surface area contributed by atoms with Gasteiger partial charge in [-0.3, -0.25) is 0 Å². The van der Waals surface area contributed by atoms with E-state index in [9.17, 15) is 13.2 Å². The number of rotatable bonds is 5. The Bertz CT molecular complexity index is 738. The number of hydrogen-bond donors (Lipinski definition) is 2. The average Bonchev–Trinajstić information content (AvgIpc) is 2.88. The highest BCUT2D eigenvalue weighted by Crippen LogP contribution is 2.18. The Morgan fingerprint density at radius 2 is 1.95 bits per heavy atom. The number of halogens is 1. The van der Waals surface area contributed by atoms with Gasteiger partial charge in [-0.2, -0.15) is 0 Å². The minimum Gasteiger partial charge on any atom is -0.475 e. The van der Waals surface area contributed by atoms with Gasteiger partial charge in [0.05, 0.1) is 0 Å². The van der Waals surface area contributed by atoms with Crippen molar-refractivity contribution in [1.29, 1.82) is 0 Å². The van der Waals surface area contributed by atoms with E-state index in [0.29, 0.717) is 0 Å². The van der Waals surface area contributed by atoms with Crippen molar-refractivity contribution in [2.75, 3.05) is 0 Å². The first-order chi connectivity index (χ1) is 9.40. The molecule has 0 bridgehead atoms. The van der Waals surface area contributed by atoms with Crippen LogP contribution in [0.15, 0.2) is 50.4 Å². The molecular weight excluding hydrogens is 350 g/mol. The van der Waals surface area contributed by atoms with Gasteiger partial charge >= 0.3 is 5.97 Å². The molecule has 0 fully saturated rings. The fourth-order valence-electron chi connectivity index (χ4n) is 1.47. The molecule has 8 heteroatoms. The summed E-state index contributed by atoms with van der Waals surface area (Å²) in [4.78, 5) is 10.7. The molecule has 0 unspecified atom stereocenters. The first-order valence-electron chi connectivity index (χ1n) is 5.46. The van der Waals surface area contributed by atoms with Crippen LogP contribution < -0.4 is 4.72 Å². The topological polar surface area (TPSA) is 96.6 Å². The van der Waals surface area contributed by atoms with E-state index >= 15 is 0 Å². The van der Waals surface area contributed by atoms with Crippen LogP contribution in [0.3, 0.4) is 0 Å². The van der Waals surface area contributed by atoms with Gasteiger partial charge in [0.25, 0.3) is 10.0 Å². The molecular formula is C12H10BrNO5S. The summed E-state index contributed by atoms with van der Waals surface area (Å²) in [6.07, 6.45) is 0. The predicted molar refractivity (Wildman–Crippen MR) is 73.8 cm³/mol. The van der Waals surface area contributed by atoms with E-state index in [1.165, 1.54) is 0 Å². The molecule has 2 rings (SSSR count). The zero-order chi connectivity index (χ0) is 14.8. The second kappa shape index (κ2) is 5.78. The van der Waals surface area contributed by atoms with E-state index in [1.54, 1.807) is 18.2 Å². The SMILES string of the molecule is O=C(O)c1ccc(S(=O)(=O)NCc2ccccc2Br)o1. The highest BCUT2D eigenvalue weighted by molar-refractivity contribution is 9.10. The minimum absolute atomic E-state index is 0.0624. The maximum atomic E-state index is 11.9. The second-order valence-corrected chi connectivity index (χ2v) is 6.39. The maximum Gasteiger partial charge on any atom is 0.371 e. The molecule has 106 valence electrons. The van der Waals surface area contributed by atoms with Crippen molar-refractivity contribution in [3.8, 4) is 0 Å². The molecule has 2 N–H and O–H groups in total. The standard InChI is InChI=1S/C12H10BrNO5S/c13-9-4-2-1-3-8(9)7-14-20(17,18)11-6-5-10(19-11)12(15)16/h1-6,14H,7H2,(H,15,16). The normalized spacial score (nSPS) is 11.4. The van der Waals surface area contributed by atoms with Crippen molar-refractivity contribution in [1.82, 2.24) is 4.72 Å². The van der Waals surface area contributed by atoms with Gasteiger partial charge in [0.15, 0.2) is 0 Å². The third kappa shape index (κ3) is 3.27. The van der Waals surface area contributed by atoms with Crippen molar-refractivity contribution >= 4 is 31.9 Å². The number of sulfonamides is 1. The van der Waals surface area contributed by atoms with Gasteiger partial charge < -0.3 is 9.52 Å². The van der Waals surface area contributed by atoms with E-state index in [2.05, 4.69) is 20.7 Å². The van der Waals surface area contributed by atoms with Crippen LogP contribution in [0.2, 0.25) is 0 Å². The zero-order valence-corrected chi connectivity index (χ0v) is 12.4. The first-order valence-corrected chi connectivity index (χ1v) is 7.74. The molecule has 1 aromatic heterocycles. The fraction of sp³-hybridized carbons (Fsp3) is 0.0833. The molecule has 0 saturated heterocycles. The van der Waals surface area contributed by atoms with Crippen LogP contribution in [0.5, 0.6) is 0 Å². The maximum absolute atomic E-state index is 11.9. The van der Waals surface area contributed by atoms with Gasteiger partial charge in [-0.15, -0.1) is 0 Å². The third-order valence-electron chi connectivity index (χ3n) is 2.47. The lowest BCUT2D eigenvalue weighted by Crippen LogP contribution is -2.23. The molecule has 1 aromatic carbocycles. The third-order valence-corrected chi connectivity index (χ3v) is 4.51. The molecule has 1 heterocycles. The highest BCUT2D eigenvalue weighted by atomic mass is 79.9. The van der Waals surface area contributed by atoms with Crippen LogP contribution in [0.4, 0.5) is 0 Å². The summed E-state index contributed by atoms with van der Waals surface area (Å²) >= 11 is 3.31. The number of nitrogens with one attached hydrogen (secondary N) is 1. The van der Waals surface area contributed by atoms with Crippen LogP contribution in [0.25, 0.3) is 0 Å². The number of furan rings is 1. The van der Waals surface area contributed by atoms with Gasteiger partial charge in [-0.1, -0.05) is 34.1 Å². The molecule has 20 heavy (non-hydrogen) atoms. The lowest BCUT2D eigenvalue weighted by Gasteiger charge is -2.06. The predicted octanol–water partition coefficient (Wildman–Crippen LogP) is 2.22. The highest BCUT2D eigenvalue weighted by Gasteiger charge is 2.20. The van der Waals surface area contributed by atoms with E-state index in [4.69, 9.17) is 9.52 Å². The summed E-state index contributed by atoms with van der Waals surface area (Å²) in [6, 6.07) is 9.34. The van der Waals surface area contributed by atoms with Crippen LogP contribution in [-0.2, 0) is 16.6 Å². The Labute approximate surface area is 123 Å². The summed E-state index contributed by atoms with van der Waals surface area (Å²) in [5, 5.41) is 8.26. The number of hydrogen-bond acceptors (Lipinski definition) is 4. The van der Waals surface area contributed by atoms with E-state index in [-0.39, 0.29) is 6.54 Å². The summed E-state index contributed by atoms with van der Waals surface area (Å²) in [5.74, 6) is -1.75. The minimum atomic E-state index is -3.89. The Hall–Kier alpha value is -1.64. The Balaban J connectivity index is 2.15. The lowest BCUT2D eigenvalue weighted by atomic mass is 10.2. The number of benzene rings is 1. The van der Waals surface area contributed by atoms with Crippen LogP contribution in [-0.4, -0.2) is 19.5 Å². The van der Waals surface area contributed by atoms with Crippen molar-refractivity contribution in [3.63, 3.8) is 0 Å². The fourth-order valence-corrected chi connectivity index (χ4v) is 2.82. The molecule has 0 spiro atoms. The van der Waals surface area contributed by atoms with E-state index in [0.717, 1.165) is 22.2 Å². The van der Waals surface area contributed by atoms with Crippen molar-refractivity contribution in [2.45, 2.75) is 11.6 Å². The zero-order valence-electron chi connectivity index (χ0n) is 10.0. The summed E-state index contributed by atoms with van der Waals surface area (Å²) in [6.45, 7) is 0.0624. The summed E-state index contributed by atoms with van der Waals surface area (Å²) in [5.41, 5.74) is 0.751. The lowest BCUT2D eigenvalue weighted by molar-refractivity contribution is 0.0656. The van der Waals surface area contributed by atoms with Gasteiger partial charge in [0.2, 0.25) is 10.9 Å². The van der Waals surface area contributed by atoms with E-state index < -0.39 is 26.8 Å². The van der Waals surface area contributed by atoms with Gasteiger partial charge in [0, 0.05) is 11.0 Å². The number of aromatic carboxylic acids is 1. The van der Waals surface area contributed by atoms with E-state index in [1.807, 2.05) is 6.07 Å². The average molecular weight is 360 g/mol. The summed E-state index contributed by atoms with van der Waals surface area (Å²) < 4.78 is 31.8. The second-order valence-electron chi connectivity index (χ2n) is 3.84. The molecule has 2 aromatic rings. The Morgan fingerprint density at radius 3 is 2.55 bits per heavy atom. The molecule has 0 amide bonds. The number of carboxylic acids is 1. The van der Waals surface area contributed by atoms with Gasteiger partial charge in [-0.05, 0) is 23.8 Å². The molecule has 0 aliphatic rings. The van der Waals surface area contributed by atoms with Crippen LogP contribution in [0.1, 0.15) is 16.1 Å². The van der Waals surface area contributed by atoms with Gasteiger partial charge in [-0.25, -0.2) is 17.9 Å². The van der Waals surface area contributed by atoms with Crippen molar-refractivity contribution < 1.29 is 22.7 Å². The monoisotopic (exact) mass is 359 g/mol. The Kier molecular flexibility index (Phi) is 4.26.